The van der Waals surface area contributed by atoms with Crippen LogP contribution in [0.15, 0.2) is 34.9 Å². The van der Waals surface area contributed by atoms with Crippen molar-refractivity contribution in [2.45, 2.75) is 39.2 Å². The first-order valence-corrected chi connectivity index (χ1v) is 9.85. The van der Waals surface area contributed by atoms with Crippen LogP contribution >= 0.6 is 0 Å². The summed E-state index contributed by atoms with van der Waals surface area (Å²) >= 11 is 0. The topological polar surface area (TPSA) is 92.7 Å². The van der Waals surface area contributed by atoms with Gasteiger partial charge in [-0.3, -0.25) is 9.59 Å². The number of hydrogen-bond acceptors (Lipinski definition) is 6. The molecule has 7 nitrogen and oxygen atoms in total. The van der Waals surface area contributed by atoms with Crippen molar-refractivity contribution in [3.05, 3.63) is 47.7 Å². The van der Waals surface area contributed by atoms with Gasteiger partial charge in [-0.2, -0.15) is 0 Å². The summed E-state index contributed by atoms with van der Waals surface area (Å²) in [6.45, 7) is 6.34. The summed E-state index contributed by atoms with van der Waals surface area (Å²) in [7, 11) is 0. The van der Waals surface area contributed by atoms with Gasteiger partial charge in [-0.05, 0) is 37.6 Å². The van der Waals surface area contributed by atoms with Crippen LogP contribution in [0.5, 0.6) is 0 Å². The van der Waals surface area contributed by atoms with Gasteiger partial charge in [-0.15, -0.1) is 0 Å². The number of carbonyl (C=O) groups excluding carboxylic acids is 2. The van der Waals surface area contributed by atoms with Crippen molar-refractivity contribution in [1.29, 1.82) is 0 Å². The number of piperazine rings is 1. The standard InChI is InChI=1S/C21H28N4O3/c1-3-4-5-18(22)20-23-19(14-28-20)21(27)25-12-10-24(11-13-25)17-8-6-16(7-9-17)15(2)26/h6-9,14,18H,3-5,10-13,22H2,1-2H3. The molecule has 1 saturated heterocycles. The summed E-state index contributed by atoms with van der Waals surface area (Å²) in [6.07, 6.45) is 4.27. The van der Waals surface area contributed by atoms with E-state index in [1.807, 2.05) is 24.3 Å². The molecule has 1 fully saturated rings. The summed E-state index contributed by atoms with van der Waals surface area (Å²) in [5, 5.41) is 0. The van der Waals surface area contributed by atoms with Crippen LogP contribution in [0.2, 0.25) is 0 Å². The summed E-state index contributed by atoms with van der Waals surface area (Å²) in [5.74, 6) is 0.369. The second-order valence-corrected chi connectivity index (χ2v) is 7.20. The SMILES string of the molecule is CCCCC(N)c1nc(C(=O)N2CCN(c3ccc(C(C)=O)cc3)CC2)co1. The molecule has 2 aromatic rings. The smallest absolute Gasteiger partial charge is 0.275 e. The van der Waals surface area contributed by atoms with Crippen molar-refractivity contribution in [3.63, 3.8) is 0 Å². The zero-order valence-electron chi connectivity index (χ0n) is 16.6. The quantitative estimate of drug-likeness (QED) is 0.738. The molecule has 1 amide bonds. The molecule has 1 aromatic carbocycles. The number of ketones is 1. The van der Waals surface area contributed by atoms with Crippen LogP contribution in [0.4, 0.5) is 5.69 Å². The Morgan fingerprint density at radius 1 is 1.18 bits per heavy atom. The lowest BCUT2D eigenvalue weighted by atomic mass is 10.1. The first kappa shape index (κ1) is 20.1. The minimum absolute atomic E-state index is 0.0587. The van der Waals surface area contributed by atoms with E-state index in [1.165, 1.54) is 6.26 Å². The lowest BCUT2D eigenvalue weighted by molar-refractivity contribution is 0.0740. The molecule has 1 atom stereocenters. The molecule has 2 N–H and O–H groups in total. The van der Waals surface area contributed by atoms with Crippen molar-refractivity contribution in [3.8, 4) is 0 Å². The Hall–Kier alpha value is -2.67. The number of anilines is 1. The normalized spacial score (nSPS) is 15.5. The van der Waals surface area contributed by atoms with Gasteiger partial charge in [0, 0.05) is 37.4 Å². The van der Waals surface area contributed by atoms with E-state index in [0.717, 1.165) is 38.0 Å². The van der Waals surface area contributed by atoms with Crippen molar-refractivity contribution in [2.75, 3.05) is 31.1 Å². The number of aromatic nitrogens is 1. The first-order valence-electron chi connectivity index (χ1n) is 9.85. The lowest BCUT2D eigenvalue weighted by Crippen LogP contribution is -2.48. The van der Waals surface area contributed by atoms with E-state index in [2.05, 4.69) is 16.8 Å². The molecule has 0 spiro atoms. The molecule has 0 bridgehead atoms. The summed E-state index contributed by atoms with van der Waals surface area (Å²) in [4.78, 5) is 32.4. The molecule has 1 aromatic heterocycles. The average Bonchev–Trinajstić information content (AvgIpc) is 3.22. The fourth-order valence-corrected chi connectivity index (χ4v) is 3.34. The Morgan fingerprint density at radius 2 is 1.86 bits per heavy atom. The second kappa shape index (κ2) is 9.01. The fraction of sp³-hybridized carbons (Fsp3) is 0.476. The molecule has 2 heterocycles. The van der Waals surface area contributed by atoms with Gasteiger partial charge in [0.25, 0.3) is 5.91 Å². The molecule has 1 aliphatic rings. The molecule has 0 aliphatic carbocycles. The number of nitrogens with zero attached hydrogens (tertiary/aromatic N) is 3. The molecule has 7 heteroatoms. The number of amides is 1. The molecule has 0 saturated carbocycles. The number of Topliss-reactive ketones (excluding diaryl/α,β-unsaturated/α-hetero) is 1. The van der Waals surface area contributed by atoms with Crippen molar-refractivity contribution in [2.24, 2.45) is 5.73 Å². The number of nitrogens with two attached hydrogens (primary N) is 1. The van der Waals surface area contributed by atoms with Crippen LogP contribution in [-0.2, 0) is 0 Å². The van der Waals surface area contributed by atoms with E-state index < -0.39 is 0 Å². The van der Waals surface area contributed by atoms with Crippen molar-refractivity contribution in [1.82, 2.24) is 9.88 Å². The Bertz CT molecular complexity index is 807. The lowest BCUT2D eigenvalue weighted by Gasteiger charge is -2.35. The highest BCUT2D eigenvalue weighted by atomic mass is 16.3. The van der Waals surface area contributed by atoms with Gasteiger partial charge in [0.15, 0.2) is 11.5 Å². The molecular weight excluding hydrogens is 356 g/mol. The Balaban J connectivity index is 1.56. The highest BCUT2D eigenvalue weighted by Gasteiger charge is 2.25. The molecule has 150 valence electrons. The molecule has 3 rings (SSSR count). The number of hydrogen-bond donors (Lipinski definition) is 1. The largest absolute Gasteiger partial charge is 0.446 e. The van der Waals surface area contributed by atoms with Gasteiger partial charge < -0.3 is 20.0 Å². The first-order chi connectivity index (χ1) is 13.5. The van der Waals surface area contributed by atoms with Gasteiger partial charge in [0.05, 0.1) is 6.04 Å². The number of oxazole rings is 1. The summed E-state index contributed by atoms with van der Waals surface area (Å²) in [6, 6.07) is 7.32. The number of unbranched alkanes of at least 4 members (excludes halogenated alkanes) is 1. The predicted octanol–water partition coefficient (Wildman–Crippen LogP) is 3.03. The molecule has 1 unspecified atom stereocenters. The highest BCUT2D eigenvalue weighted by Crippen LogP contribution is 2.20. The third kappa shape index (κ3) is 4.59. The zero-order chi connectivity index (χ0) is 20.1. The van der Waals surface area contributed by atoms with E-state index in [4.69, 9.17) is 10.2 Å². The summed E-state index contributed by atoms with van der Waals surface area (Å²) in [5.41, 5.74) is 8.16. The van der Waals surface area contributed by atoms with E-state index in [0.29, 0.717) is 30.2 Å². The van der Waals surface area contributed by atoms with Gasteiger partial charge in [0.2, 0.25) is 5.89 Å². The maximum atomic E-state index is 12.7. The Kier molecular flexibility index (Phi) is 6.46. The van der Waals surface area contributed by atoms with Crippen LogP contribution in [-0.4, -0.2) is 47.8 Å². The van der Waals surface area contributed by atoms with Crippen molar-refractivity contribution < 1.29 is 14.0 Å². The minimum atomic E-state index is -0.267. The van der Waals surface area contributed by atoms with E-state index in [9.17, 15) is 9.59 Å². The highest BCUT2D eigenvalue weighted by molar-refractivity contribution is 5.94. The fourth-order valence-electron chi connectivity index (χ4n) is 3.34. The van der Waals surface area contributed by atoms with Crippen LogP contribution in [0.3, 0.4) is 0 Å². The number of benzene rings is 1. The molecular formula is C21H28N4O3. The second-order valence-electron chi connectivity index (χ2n) is 7.20. The van der Waals surface area contributed by atoms with Crippen LogP contribution < -0.4 is 10.6 Å². The van der Waals surface area contributed by atoms with Gasteiger partial charge >= 0.3 is 0 Å². The number of rotatable bonds is 7. The van der Waals surface area contributed by atoms with E-state index >= 15 is 0 Å². The molecule has 1 aliphatic heterocycles. The Morgan fingerprint density at radius 3 is 2.46 bits per heavy atom. The van der Waals surface area contributed by atoms with E-state index in [-0.39, 0.29) is 17.7 Å². The van der Waals surface area contributed by atoms with Gasteiger partial charge in [-0.1, -0.05) is 19.8 Å². The predicted molar refractivity (Wildman–Crippen MR) is 108 cm³/mol. The van der Waals surface area contributed by atoms with Gasteiger partial charge in [0.1, 0.15) is 6.26 Å². The van der Waals surface area contributed by atoms with Gasteiger partial charge in [-0.25, -0.2) is 4.98 Å². The summed E-state index contributed by atoms with van der Waals surface area (Å²) < 4.78 is 5.43. The third-order valence-electron chi connectivity index (χ3n) is 5.13. The maximum Gasteiger partial charge on any atom is 0.275 e. The van der Waals surface area contributed by atoms with E-state index in [1.54, 1.807) is 11.8 Å². The molecule has 28 heavy (non-hydrogen) atoms. The number of carbonyl (C=O) groups is 2. The Labute approximate surface area is 165 Å². The van der Waals surface area contributed by atoms with Crippen LogP contribution in [0, 0.1) is 0 Å². The van der Waals surface area contributed by atoms with Crippen LogP contribution in [0.25, 0.3) is 0 Å². The maximum absolute atomic E-state index is 12.7. The van der Waals surface area contributed by atoms with Crippen LogP contribution in [0.1, 0.15) is 65.9 Å². The van der Waals surface area contributed by atoms with Crippen molar-refractivity contribution >= 4 is 17.4 Å². The zero-order valence-corrected chi connectivity index (χ0v) is 16.6. The average molecular weight is 384 g/mol. The third-order valence-corrected chi connectivity index (χ3v) is 5.13. The molecule has 0 radical (unpaired) electrons. The monoisotopic (exact) mass is 384 g/mol. The minimum Gasteiger partial charge on any atom is -0.446 e.